The summed E-state index contributed by atoms with van der Waals surface area (Å²) in [5, 5.41) is 9.28. The minimum atomic E-state index is 0.0310. The average Bonchev–Trinajstić information content (AvgIpc) is 2.27. The molecule has 2 heterocycles. The molecular weight excluding hydrogens is 204 g/mol. The third kappa shape index (κ3) is 2.33. The van der Waals surface area contributed by atoms with Gasteiger partial charge in [-0.15, -0.1) is 0 Å². The second kappa shape index (κ2) is 4.80. The molecule has 1 aromatic heterocycles. The van der Waals surface area contributed by atoms with Gasteiger partial charge in [0.25, 0.3) is 0 Å². The molecule has 16 heavy (non-hydrogen) atoms. The van der Waals surface area contributed by atoms with E-state index < -0.39 is 0 Å². The molecule has 0 aliphatic carbocycles. The summed E-state index contributed by atoms with van der Waals surface area (Å²) in [6.07, 6.45) is 2.17. The van der Waals surface area contributed by atoms with E-state index in [0.29, 0.717) is 0 Å². The first-order valence-corrected chi connectivity index (χ1v) is 5.66. The first kappa shape index (κ1) is 11.4. The predicted molar refractivity (Wildman–Crippen MR) is 62.4 cm³/mol. The Morgan fingerprint density at radius 3 is 2.75 bits per heavy atom. The molecule has 0 unspecified atom stereocenters. The summed E-state index contributed by atoms with van der Waals surface area (Å²) in [5.41, 5.74) is 0.879. The molecule has 4 heteroatoms. The van der Waals surface area contributed by atoms with Gasteiger partial charge in [-0.2, -0.15) is 0 Å². The molecule has 4 nitrogen and oxygen atoms in total. The Labute approximate surface area is 95.9 Å². The lowest BCUT2D eigenvalue weighted by atomic mass is 10.2. The third-order valence-corrected chi connectivity index (χ3v) is 2.76. The van der Waals surface area contributed by atoms with Crippen molar-refractivity contribution in [2.45, 2.75) is 32.7 Å². The van der Waals surface area contributed by atoms with Crippen molar-refractivity contribution in [1.82, 2.24) is 4.98 Å². The van der Waals surface area contributed by atoms with E-state index >= 15 is 0 Å². The van der Waals surface area contributed by atoms with Crippen LogP contribution in [0, 0.1) is 0 Å². The Balaban J connectivity index is 2.22. The van der Waals surface area contributed by atoms with Crippen LogP contribution in [0.15, 0.2) is 18.3 Å². The number of aromatic nitrogens is 1. The smallest absolute Gasteiger partial charge is 0.134 e. The van der Waals surface area contributed by atoms with Crippen molar-refractivity contribution in [2.24, 2.45) is 0 Å². The Morgan fingerprint density at radius 1 is 1.44 bits per heavy atom. The number of anilines is 1. The summed E-state index contributed by atoms with van der Waals surface area (Å²) in [6.45, 7) is 5.81. The Kier molecular flexibility index (Phi) is 3.41. The molecule has 1 saturated heterocycles. The molecule has 2 atom stereocenters. The summed E-state index contributed by atoms with van der Waals surface area (Å²) in [4.78, 5) is 6.54. The quantitative estimate of drug-likeness (QED) is 0.816. The standard InChI is InChI=1S/C12H18N2O2/c1-9-6-14(7-10(2)16-9)12-11(8-15)4-3-5-13-12/h3-5,9-10,15H,6-8H2,1-2H3/t9-,10+. The molecule has 2 rings (SSSR count). The van der Waals surface area contributed by atoms with Crippen LogP contribution in [0.1, 0.15) is 19.4 Å². The van der Waals surface area contributed by atoms with E-state index in [0.717, 1.165) is 24.5 Å². The maximum atomic E-state index is 9.28. The van der Waals surface area contributed by atoms with Crippen LogP contribution in [0.25, 0.3) is 0 Å². The molecule has 0 aromatic carbocycles. The van der Waals surface area contributed by atoms with Crippen molar-refractivity contribution >= 4 is 5.82 Å². The molecule has 0 amide bonds. The molecule has 0 radical (unpaired) electrons. The topological polar surface area (TPSA) is 45.6 Å². The van der Waals surface area contributed by atoms with Gasteiger partial charge in [0.05, 0.1) is 18.8 Å². The molecule has 1 aliphatic heterocycles. The normalized spacial score (nSPS) is 25.8. The first-order valence-electron chi connectivity index (χ1n) is 5.66. The van der Waals surface area contributed by atoms with Gasteiger partial charge in [-0.05, 0) is 19.9 Å². The largest absolute Gasteiger partial charge is 0.392 e. The zero-order valence-electron chi connectivity index (χ0n) is 9.76. The summed E-state index contributed by atoms with van der Waals surface area (Å²) in [5.74, 6) is 0.881. The maximum absolute atomic E-state index is 9.28. The highest BCUT2D eigenvalue weighted by atomic mass is 16.5. The van der Waals surface area contributed by atoms with Gasteiger partial charge in [-0.3, -0.25) is 0 Å². The monoisotopic (exact) mass is 222 g/mol. The lowest BCUT2D eigenvalue weighted by Crippen LogP contribution is -2.46. The van der Waals surface area contributed by atoms with E-state index in [1.807, 2.05) is 12.1 Å². The molecule has 88 valence electrons. The number of rotatable bonds is 2. The van der Waals surface area contributed by atoms with Crippen molar-refractivity contribution in [1.29, 1.82) is 0 Å². The molecule has 1 aromatic rings. The van der Waals surface area contributed by atoms with E-state index in [1.54, 1.807) is 6.20 Å². The van der Waals surface area contributed by atoms with Crippen molar-refractivity contribution in [3.8, 4) is 0 Å². The van der Waals surface area contributed by atoms with Crippen LogP contribution in [-0.4, -0.2) is 35.4 Å². The van der Waals surface area contributed by atoms with Crippen molar-refractivity contribution in [3.05, 3.63) is 23.9 Å². The van der Waals surface area contributed by atoms with Crippen LogP contribution < -0.4 is 4.90 Å². The molecule has 1 fully saturated rings. The van der Waals surface area contributed by atoms with Crippen LogP contribution in [0.5, 0.6) is 0 Å². The highest BCUT2D eigenvalue weighted by Crippen LogP contribution is 2.21. The minimum Gasteiger partial charge on any atom is -0.392 e. The van der Waals surface area contributed by atoms with Gasteiger partial charge in [0.1, 0.15) is 5.82 Å². The maximum Gasteiger partial charge on any atom is 0.134 e. The van der Waals surface area contributed by atoms with Gasteiger partial charge in [-0.1, -0.05) is 6.07 Å². The average molecular weight is 222 g/mol. The lowest BCUT2D eigenvalue weighted by Gasteiger charge is -2.36. The van der Waals surface area contributed by atoms with Crippen LogP contribution in [0.3, 0.4) is 0 Å². The van der Waals surface area contributed by atoms with Gasteiger partial charge in [-0.25, -0.2) is 4.98 Å². The zero-order chi connectivity index (χ0) is 11.5. The van der Waals surface area contributed by atoms with E-state index in [-0.39, 0.29) is 18.8 Å². The minimum absolute atomic E-state index is 0.0310. The first-order chi connectivity index (χ1) is 7.70. The van der Waals surface area contributed by atoms with Crippen molar-refractivity contribution in [3.63, 3.8) is 0 Å². The van der Waals surface area contributed by atoms with E-state index in [2.05, 4.69) is 23.7 Å². The number of morpholine rings is 1. The Hall–Kier alpha value is -1.13. The summed E-state index contributed by atoms with van der Waals surface area (Å²) in [7, 11) is 0. The Bertz CT molecular complexity index is 347. The molecule has 1 N–H and O–H groups in total. The van der Waals surface area contributed by atoms with Crippen LogP contribution in [-0.2, 0) is 11.3 Å². The molecule has 1 aliphatic rings. The fourth-order valence-corrected chi connectivity index (χ4v) is 2.19. The lowest BCUT2D eigenvalue weighted by molar-refractivity contribution is -0.00556. The van der Waals surface area contributed by atoms with Gasteiger partial charge >= 0.3 is 0 Å². The van der Waals surface area contributed by atoms with Crippen LogP contribution in [0.4, 0.5) is 5.82 Å². The number of aliphatic hydroxyl groups is 1. The number of aliphatic hydroxyl groups excluding tert-OH is 1. The third-order valence-electron chi connectivity index (χ3n) is 2.76. The Morgan fingerprint density at radius 2 is 2.12 bits per heavy atom. The van der Waals surface area contributed by atoms with E-state index in [9.17, 15) is 5.11 Å². The fraction of sp³-hybridized carbons (Fsp3) is 0.583. The SMILES string of the molecule is C[C@@H]1CN(c2ncccc2CO)C[C@H](C)O1. The number of hydrogen-bond donors (Lipinski definition) is 1. The number of pyridine rings is 1. The van der Waals surface area contributed by atoms with Crippen molar-refractivity contribution < 1.29 is 9.84 Å². The van der Waals surface area contributed by atoms with E-state index in [4.69, 9.17) is 4.74 Å². The van der Waals surface area contributed by atoms with Gasteiger partial charge in [0, 0.05) is 24.8 Å². The van der Waals surface area contributed by atoms with Gasteiger partial charge in [0.15, 0.2) is 0 Å². The highest BCUT2D eigenvalue weighted by Gasteiger charge is 2.24. The number of nitrogens with zero attached hydrogens (tertiary/aromatic N) is 2. The molecule has 0 spiro atoms. The van der Waals surface area contributed by atoms with Crippen LogP contribution in [0.2, 0.25) is 0 Å². The van der Waals surface area contributed by atoms with Gasteiger partial charge in [0.2, 0.25) is 0 Å². The van der Waals surface area contributed by atoms with E-state index in [1.165, 1.54) is 0 Å². The molecule has 0 bridgehead atoms. The number of hydrogen-bond acceptors (Lipinski definition) is 4. The summed E-state index contributed by atoms with van der Waals surface area (Å²) >= 11 is 0. The van der Waals surface area contributed by atoms with Gasteiger partial charge < -0.3 is 14.7 Å². The second-order valence-electron chi connectivity index (χ2n) is 4.31. The number of ether oxygens (including phenoxy) is 1. The molecular formula is C12H18N2O2. The van der Waals surface area contributed by atoms with Crippen LogP contribution >= 0.6 is 0 Å². The molecule has 0 saturated carbocycles. The zero-order valence-corrected chi connectivity index (χ0v) is 9.76. The fourth-order valence-electron chi connectivity index (χ4n) is 2.19. The second-order valence-corrected chi connectivity index (χ2v) is 4.31. The summed E-state index contributed by atoms with van der Waals surface area (Å²) < 4.78 is 5.68. The highest BCUT2D eigenvalue weighted by molar-refractivity contribution is 5.47. The predicted octanol–water partition coefficient (Wildman–Crippen LogP) is 1.19. The van der Waals surface area contributed by atoms with Crippen molar-refractivity contribution in [2.75, 3.05) is 18.0 Å². The summed E-state index contributed by atoms with van der Waals surface area (Å²) in [6, 6.07) is 3.76.